The van der Waals surface area contributed by atoms with Crippen LogP contribution in [0.2, 0.25) is 0 Å². The van der Waals surface area contributed by atoms with E-state index < -0.39 is 5.79 Å². The molecule has 2 fully saturated rings. The van der Waals surface area contributed by atoms with E-state index in [-0.39, 0.29) is 31.2 Å². The van der Waals surface area contributed by atoms with Gasteiger partial charge in [0.2, 0.25) is 0 Å². The molecule has 0 unspecified atom stereocenters. The normalized spacial score (nSPS) is 21.9. The van der Waals surface area contributed by atoms with Gasteiger partial charge in [-0.3, -0.25) is 4.79 Å². The molecular formula is C18H23O5. The molecule has 3 rings (SSSR count). The van der Waals surface area contributed by atoms with E-state index in [1.807, 2.05) is 31.2 Å². The zero-order valence-corrected chi connectivity index (χ0v) is 13.8. The van der Waals surface area contributed by atoms with Crippen LogP contribution in [-0.2, 0) is 19.0 Å². The van der Waals surface area contributed by atoms with Crippen LogP contribution in [-0.4, -0.2) is 24.5 Å². The van der Waals surface area contributed by atoms with Crippen LogP contribution in [0.4, 0.5) is 0 Å². The van der Waals surface area contributed by atoms with Gasteiger partial charge in [-0.25, -0.2) is 0 Å². The molecule has 5 heteroatoms. The van der Waals surface area contributed by atoms with E-state index >= 15 is 0 Å². The van der Waals surface area contributed by atoms with Gasteiger partial charge in [0.05, 0.1) is 12.5 Å². The summed E-state index contributed by atoms with van der Waals surface area (Å²) in [6, 6.07) is 7.92. The summed E-state index contributed by atoms with van der Waals surface area (Å²) in [5.74, 6) is -0.0839. The Bertz CT molecular complexity index is 547. The Morgan fingerprint density at radius 1 is 1.30 bits per heavy atom. The monoisotopic (exact) mass is 319 g/mol. The molecule has 0 N–H and O–H groups in total. The van der Waals surface area contributed by atoms with Crippen molar-refractivity contribution in [1.29, 1.82) is 0 Å². The van der Waals surface area contributed by atoms with E-state index in [2.05, 4.69) is 0 Å². The Morgan fingerprint density at radius 2 is 2.00 bits per heavy atom. The molecule has 1 saturated carbocycles. The second-order valence-corrected chi connectivity index (χ2v) is 6.63. The molecule has 125 valence electrons. The average molecular weight is 319 g/mol. The molecule has 23 heavy (non-hydrogen) atoms. The van der Waals surface area contributed by atoms with Crippen molar-refractivity contribution in [3.8, 4) is 5.75 Å². The minimum Gasteiger partial charge on any atom is -0.490 e. The Hall–Kier alpha value is -1.59. The van der Waals surface area contributed by atoms with E-state index in [9.17, 15) is 4.79 Å². The molecule has 0 aromatic heterocycles. The highest BCUT2D eigenvalue weighted by molar-refractivity contribution is 5.71. The second-order valence-electron chi connectivity index (χ2n) is 6.63. The summed E-state index contributed by atoms with van der Waals surface area (Å²) in [5.41, 5.74) is 1.08. The maximum Gasteiger partial charge on any atom is 0.309 e. The van der Waals surface area contributed by atoms with Crippen molar-refractivity contribution in [2.45, 2.75) is 57.8 Å². The molecule has 1 aromatic rings. The second kappa shape index (κ2) is 6.49. The van der Waals surface area contributed by atoms with Crippen LogP contribution in [0.25, 0.3) is 0 Å². The van der Waals surface area contributed by atoms with Crippen molar-refractivity contribution < 1.29 is 23.7 Å². The zero-order chi connectivity index (χ0) is 16.4. The number of ether oxygens (including phenoxy) is 4. The van der Waals surface area contributed by atoms with E-state index in [1.165, 1.54) is 0 Å². The topological polar surface area (TPSA) is 54.0 Å². The summed E-state index contributed by atoms with van der Waals surface area (Å²) in [7, 11) is 0. The highest BCUT2D eigenvalue weighted by Gasteiger charge is 2.37. The molecule has 1 aliphatic carbocycles. The van der Waals surface area contributed by atoms with Crippen molar-refractivity contribution in [3.63, 3.8) is 0 Å². The standard InChI is InChI=1S/C18H23O5/c1-12(10-16(19)22-17-11-20-18(2,3)23-17)13-4-6-14(7-5-13)21-15-8-9-15/h4-7,12,15H,8-11H2,1-3H3/t12-/m0/s1. The van der Waals surface area contributed by atoms with Crippen LogP contribution >= 0.6 is 0 Å². The lowest BCUT2D eigenvalue weighted by molar-refractivity contribution is -0.167. The molecule has 1 heterocycles. The molecular weight excluding hydrogens is 296 g/mol. The molecule has 2 aliphatic rings. The van der Waals surface area contributed by atoms with E-state index in [0.29, 0.717) is 6.10 Å². The molecule has 1 saturated heterocycles. The molecule has 5 nitrogen and oxygen atoms in total. The molecule has 0 amide bonds. The third-order valence-corrected chi connectivity index (χ3v) is 3.87. The lowest BCUT2D eigenvalue weighted by atomic mass is 9.98. The summed E-state index contributed by atoms with van der Waals surface area (Å²) < 4.78 is 21.7. The Balaban J connectivity index is 1.47. The molecule has 1 atom stereocenters. The predicted octanol–water partition coefficient (Wildman–Crippen LogP) is 3.54. The summed E-state index contributed by atoms with van der Waals surface area (Å²) in [6.45, 7) is 5.75. The molecule has 0 spiro atoms. The van der Waals surface area contributed by atoms with E-state index in [1.54, 1.807) is 13.8 Å². The lowest BCUT2D eigenvalue weighted by Crippen LogP contribution is -2.21. The van der Waals surface area contributed by atoms with Crippen LogP contribution in [0.15, 0.2) is 24.3 Å². The van der Waals surface area contributed by atoms with Crippen molar-refractivity contribution in [2.24, 2.45) is 0 Å². The van der Waals surface area contributed by atoms with Crippen molar-refractivity contribution in [2.75, 3.05) is 6.61 Å². The number of carbonyl (C=O) groups is 1. The van der Waals surface area contributed by atoms with Gasteiger partial charge in [0.15, 0.2) is 5.79 Å². The van der Waals surface area contributed by atoms with Gasteiger partial charge in [-0.05, 0) is 50.3 Å². The minimum absolute atomic E-state index is 0.0633. The third-order valence-electron chi connectivity index (χ3n) is 3.87. The summed E-state index contributed by atoms with van der Waals surface area (Å²) in [6.07, 6.45) is 3.20. The van der Waals surface area contributed by atoms with Gasteiger partial charge in [0.25, 0.3) is 0 Å². The highest BCUT2D eigenvalue weighted by Crippen LogP contribution is 2.30. The summed E-state index contributed by atoms with van der Waals surface area (Å²) in [4.78, 5) is 12.0. The van der Waals surface area contributed by atoms with E-state index in [4.69, 9.17) is 18.9 Å². The van der Waals surface area contributed by atoms with Gasteiger partial charge in [-0.15, -0.1) is 0 Å². The quantitative estimate of drug-likeness (QED) is 0.751. The molecule has 0 bridgehead atoms. The summed E-state index contributed by atoms with van der Waals surface area (Å²) >= 11 is 0. The first kappa shape index (κ1) is 16.3. The smallest absolute Gasteiger partial charge is 0.309 e. The maximum atomic E-state index is 12.0. The van der Waals surface area contributed by atoms with Crippen LogP contribution in [0, 0.1) is 6.29 Å². The first-order valence-corrected chi connectivity index (χ1v) is 8.07. The maximum absolute atomic E-state index is 12.0. The van der Waals surface area contributed by atoms with Gasteiger partial charge in [-0.1, -0.05) is 19.1 Å². The van der Waals surface area contributed by atoms with E-state index in [0.717, 1.165) is 24.2 Å². The number of carbonyl (C=O) groups excluding carboxylic acids is 1. The number of hydrogen-bond acceptors (Lipinski definition) is 5. The Labute approximate surface area is 136 Å². The number of benzene rings is 1. The minimum atomic E-state index is -0.724. The number of esters is 1. The van der Waals surface area contributed by atoms with Gasteiger partial charge in [-0.2, -0.15) is 0 Å². The number of hydrogen-bond donors (Lipinski definition) is 0. The fourth-order valence-corrected chi connectivity index (χ4v) is 2.41. The summed E-state index contributed by atoms with van der Waals surface area (Å²) in [5, 5.41) is 0. The van der Waals surface area contributed by atoms with Gasteiger partial charge in [0.1, 0.15) is 12.4 Å². The van der Waals surface area contributed by atoms with Crippen LogP contribution < -0.4 is 4.74 Å². The first-order chi connectivity index (χ1) is 10.9. The van der Waals surface area contributed by atoms with Crippen molar-refractivity contribution in [1.82, 2.24) is 0 Å². The Kier molecular flexibility index (Phi) is 4.60. The highest BCUT2D eigenvalue weighted by atomic mass is 16.8. The van der Waals surface area contributed by atoms with Crippen LogP contribution in [0.3, 0.4) is 0 Å². The fraction of sp³-hybridized carbons (Fsp3) is 0.556. The largest absolute Gasteiger partial charge is 0.490 e. The Morgan fingerprint density at radius 3 is 2.57 bits per heavy atom. The van der Waals surface area contributed by atoms with Crippen molar-refractivity contribution in [3.05, 3.63) is 36.1 Å². The van der Waals surface area contributed by atoms with Gasteiger partial charge >= 0.3 is 12.3 Å². The first-order valence-electron chi connectivity index (χ1n) is 8.07. The van der Waals surface area contributed by atoms with Crippen LogP contribution in [0.5, 0.6) is 5.75 Å². The predicted molar refractivity (Wildman–Crippen MR) is 83.6 cm³/mol. The SMILES string of the molecule is C[C@@H](CC(=O)O[C]1COC(C)(C)O1)c1ccc(OC2CC2)cc1. The van der Waals surface area contributed by atoms with Gasteiger partial charge < -0.3 is 18.9 Å². The van der Waals surface area contributed by atoms with Gasteiger partial charge in [0, 0.05) is 0 Å². The molecule has 1 radical (unpaired) electrons. The molecule has 1 aromatic carbocycles. The fourth-order valence-electron chi connectivity index (χ4n) is 2.41. The zero-order valence-electron chi connectivity index (χ0n) is 13.8. The van der Waals surface area contributed by atoms with Crippen molar-refractivity contribution >= 4 is 5.97 Å². The van der Waals surface area contributed by atoms with Crippen LogP contribution in [0.1, 0.15) is 51.5 Å². The molecule has 1 aliphatic heterocycles. The lowest BCUT2D eigenvalue weighted by Gasteiger charge is -2.16. The third kappa shape index (κ3) is 4.69. The number of rotatable bonds is 6. The average Bonchev–Trinajstić information content (AvgIpc) is 3.23.